The Morgan fingerprint density at radius 1 is 1.12 bits per heavy atom. The highest BCUT2D eigenvalue weighted by molar-refractivity contribution is 6.20. The number of alkyl halides is 1. The highest BCUT2D eigenvalue weighted by Gasteiger charge is 2.04. The Bertz CT molecular complexity index is 790. The largest absolute Gasteiger partial charge is 0.493 e. The number of ether oxygens (including phenoxy) is 1. The predicted octanol–water partition coefficient (Wildman–Crippen LogP) is 5.78. The summed E-state index contributed by atoms with van der Waals surface area (Å²) in [5.74, 6) is 1.44. The van der Waals surface area contributed by atoms with Crippen LogP contribution in [0.4, 0.5) is 0 Å². The first kappa shape index (κ1) is 16.6. The number of halogens is 1. The van der Waals surface area contributed by atoms with Crippen LogP contribution in [0.3, 0.4) is 0 Å². The second-order valence-corrected chi connectivity index (χ2v) is 6.41. The second-order valence-electron chi connectivity index (χ2n) is 5.66. The maximum atomic E-state index is 5.96. The summed E-state index contributed by atoms with van der Waals surface area (Å²) in [5.41, 5.74) is 2.65. The molecule has 1 atom stereocenters. The Morgan fingerprint density at radius 2 is 1.92 bits per heavy atom. The van der Waals surface area contributed by atoms with Crippen LogP contribution in [-0.2, 0) is 0 Å². The number of hydrogen-bond donors (Lipinski definition) is 0. The van der Waals surface area contributed by atoms with Crippen LogP contribution in [-0.4, -0.2) is 17.0 Å². The quantitative estimate of drug-likeness (QED) is 0.403. The Morgan fingerprint density at radius 3 is 2.75 bits per heavy atom. The highest BCUT2D eigenvalue weighted by Crippen LogP contribution is 2.22. The third kappa shape index (κ3) is 4.39. The zero-order chi connectivity index (χ0) is 16.8. The van der Waals surface area contributed by atoms with E-state index >= 15 is 0 Å². The number of oxazole rings is 1. The fraction of sp³-hybridized carbons (Fsp3) is 0.250. The topological polar surface area (TPSA) is 35.3 Å². The van der Waals surface area contributed by atoms with Crippen molar-refractivity contribution in [3.8, 4) is 5.75 Å². The Balaban J connectivity index is 1.70. The Kier molecular flexibility index (Phi) is 5.55. The third-order valence-electron chi connectivity index (χ3n) is 3.64. The van der Waals surface area contributed by atoms with Crippen molar-refractivity contribution in [2.24, 2.45) is 0 Å². The fourth-order valence-corrected chi connectivity index (χ4v) is 2.57. The van der Waals surface area contributed by atoms with Gasteiger partial charge in [-0.2, -0.15) is 0 Å². The standard InChI is InChI=1S/C20H20ClNO2/c1-15(21)7-6-14-23-18-10-4-2-8-16(18)12-13-20-22-17-9-3-5-11-19(17)24-20/h2-5,8-13,15H,6-7,14H2,1H3. The van der Waals surface area contributed by atoms with E-state index in [0.717, 1.165) is 35.3 Å². The molecule has 0 saturated heterocycles. The van der Waals surface area contributed by atoms with Gasteiger partial charge in [-0.05, 0) is 44.0 Å². The summed E-state index contributed by atoms with van der Waals surface area (Å²) in [6.07, 6.45) is 5.71. The number of nitrogens with zero attached hydrogens (tertiary/aromatic N) is 1. The molecule has 0 N–H and O–H groups in total. The number of para-hydroxylation sites is 3. The number of fused-ring (bicyclic) bond motifs is 1. The van der Waals surface area contributed by atoms with Gasteiger partial charge in [-0.3, -0.25) is 0 Å². The molecule has 2 aromatic carbocycles. The summed E-state index contributed by atoms with van der Waals surface area (Å²) in [6.45, 7) is 2.66. The van der Waals surface area contributed by atoms with E-state index in [9.17, 15) is 0 Å². The van der Waals surface area contributed by atoms with E-state index in [0.29, 0.717) is 12.5 Å². The molecule has 3 rings (SSSR count). The van der Waals surface area contributed by atoms with Gasteiger partial charge >= 0.3 is 0 Å². The molecule has 0 bridgehead atoms. The lowest BCUT2D eigenvalue weighted by molar-refractivity contribution is 0.306. The molecule has 3 nitrogen and oxygen atoms in total. The van der Waals surface area contributed by atoms with Crippen molar-refractivity contribution in [3.05, 3.63) is 60.0 Å². The van der Waals surface area contributed by atoms with Crippen LogP contribution in [0.2, 0.25) is 0 Å². The maximum absolute atomic E-state index is 5.96. The van der Waals surface area contributed by atoms with Crippen LogP contribution in [0.5, 0.6) is 5.75 Å². The van der Waals surface area contributed by atoms with Gasteiger partial charge < -0.3 is 9.15 Å². The zero-order valence-electron chi connectivity index (χ0n) is 13.6. The van der Waals surface area contributed by atoms with Crippen molar-refractivity contribution < 1.29 is 9.15 Å². The van der Waals surface area contributed by atoms with Gasteiger partial charge in [0.2, 0.25) is 5.89 Å². The Hall–Kier alpha value is -2.26. The third-order valence-corrected chi connectivity index (χ3v) is 3.86. The first-order chi connectivity index (χ1) is 11.7. The summed E-state index contributed by atoms with van der Waals surface area (Å²) in [7, 11) is 0. The molecular weight excluding hydrogens is 322 g/mol. The van der Waals surface area contributed by atoms with Gasteiger partial charge in [-0.1, -0.05) is 30.3 Å². The Labute approximate surface area is 146 Å². The van der Waals surface area contributed by atoms with Crippen LogP contribution in [0.15, 0.2) is 52.9 Å². The molecule has 1 aromatic heterocycles. The monoisotopic (exact) mass is 341 g/mol. The van der Waals surface area contributed by atoms with E-state index < -0.39 is 0 Å². The smallest absolute Gasteiger partial charge is 0.220 e. The molecule has 4 heteroatoms. The van der Waals surface area contributed by atoms with Crippen molar-refractivity contribution in [2.45, 2.75) is 25.1 Å². The second kappa shape index (κ2) is 8.02. The van der Waals surface area contributed by atoms with E-state index in [2.05, 4.69) is 4.98 Å². The van der Waals surface area contributed by atoms with Crippen LogP contribution < -0.4 is 4.74 Å². The molecule has 0 aliphatic rings. The van der Waals surface area contributed by atoms with Gasteiger partial charge in [0.1, 0.15) is 11.3 Å². The number of hydrogen-bond acceptors (Lipinski definition) is 3. The average molecular weight is 342 g/mol. The zero-order valence-corrected chi connectivity index (χ0v) is 14.4. The molecule has 124 valence electrons. The molecule has 0 aliphatic heterocycles. The predicted molar refractivity (Wildman–Crippen MR) is 99.4 cm³/mol. The molecule has 0 radical (unpaired) electrons. The summed E-state index contributed by atoms with van der Waals surface area (Å²) in [5, 5.41) is 0.183. The molecule has 0 fully saturated rings. The number of benzene rings is 2. The molecule has 0 spiro atoms. The summed E-state index contributed by atoms with van der Waals surface area (Å²) in [6, 6.07) is 15.7. The minimum absolute atomic E-state index is 0.183. The minimum Gasteiger partial charge on any atom is -0.493 e. The molecule has 0 aliphatic carbocycles. The van der Waals surface area contributed by atoms with Gasteiger partial charge in [-0.15, -0.1) is 11.6 Å². The van der Waals surface area contributed by atoms with Crippen LogP contribution >= 0.6 is 11.6 Å². The van der Waals surface area contributed by atoms with Crippen molar-refractivity contribution >= 4 is 34.9 Å². The summed E-state index contributed by atoms with van der Waals surface area (Å²) in [4.78, 5) is 4.44. The lowest BCUT2D eigenvalue weighted by Gasteiger charge is -2.09. The van der Waals surface area contributed by atoms with E-state index in [1.165, 1.54) is 0 Å². The number of aromatic nitrogens is 1. The van der Waals surface area contributed by atoms with Crippen molar-refractivity contribution in [2.75, 3.05) is 6.61 Å². The van der Waals surface area contributed by atoms with Crippen LogP contribution in [0, 0.1) is 0 Å². The van der Waals surface area contributed by atoms with E-state index in [4.69, 9.17) is 20.8 Å². The van der Waals surface area contributed by atoms with E-state index in [1.54, 1.807) is 0 Å². The van der Waals surface area contributed by atoms with Gasteiger partial charge in [0, 0.05) is 17.0 Å². The van der Waals surface area contributed by atoms with Gasteiger partial charge in [0.15, 0.2) is 5.58 Å². The molecule has 0 saturated carbocycles. The molecule has 24 heavy (non-hydrogen) atoms. The van der Waals surface area contributed by atoms with E-state index in [1.807, 2.05) is 67.6 Å². The molecule has 1 heterocycles. The lowest BCUT2D eigenvalue weighted by atomic mass is 10.2. The van der Waals surface area contributed by atoms with Crippen molar-refractivity contribution in [1.82, 2.24) is 4.98 Å². The molecule has 1 unspecified atom stereocenters. The number of rotatable bonds is 7. The molecule has 0 amide bonds. The van der Waals surface area contributed by atoms with Crippen LogP contribution in [0.1, 0.15) is 31.2 Å². The van der Waals surface area contributed by atoms with Crippen LogP contribution in [0.25, 0.3) is 23.3 Å². The highest BCUT2D eigenvalue weighted by atomic mass is 35.5. The normalized spacial score (nSPS) is 12.8. The van der Waals surface area contributed by atoms with Crippen molar-refractivity contribution in [1.29, 1.82) is 0 Å². The first-order valence-electron chi connectivity index (χ1n) is 8.12. The SMILES string of the molecule is CC(Cl)CCCOc1ccccc1C=Cc1nc2ccccc2o1. The molecule has 3 aromatic rings. The van der Waals surface area contributed by atoms with E-state index in [-0.39, 0.29) is 5.38 Å². The minimum atomic E-state index is 0.183. The summed E-state index contributed by atoms with van der Waals surface area (Å²) >= 11 is 5.96. The summed E-state index contributed by atoms with van der Waals surface area (Å²) < 4.78 is 11.6. The fourth-order valence-electron chi connectivity index (χ4n) is 2.42. The average Bonchev–Trinajstić information content (AvgIpc) is 3.00. The molecular formula is C20H20ClNO2. The van der Waals surface area contributed by atoms with Gasteiger partial charge in [0.05, 0.1) is 6.61 Å². The van der Waals surface area contributed by atoms with Crippen molar-refractivity contribution in [3.63, 3.8) is 0 Å². The maximum Gasteiger partial charge on any atom is 0.220 e. The van der Waals surface area contributed by atoms with Gasteiger partial charge in [-0.25, -0.2) is 4.98 Å². The first-order valence-corrected chi connectivity index (χ1v) is 8.55. The lowest BCUT2D eigenvalue weighted by Crippen LogP contribution is -2.01. The van der Waals surface area contributed by atoms with Gasteiger partial charge in [0.25, 0.3) is 0 Å².